The summed E-state index contributed by atoms with van der Waals surface area (Å²) in [6.45, 7) is 4.95. The van der Waals surface area contributed by atoms with Crippen molar-refractivity contribution >= 4 is 28.4 Å². The summed E-state index contributed by atoms with van der Waals surface area (Å²) >= 11 is 1.53. The Kier molecular flexibility index (Phi) is 10.2. The quantitative estimate of drug-likeness (QED) is 0.138. The molecule has 0 amide bonds. The van der Waals surface area contributed by atoms with Crippen LogP contribution in [0.2, 0.25) is 0 Å². The molecule has 5 rings (SSSR count). The standard InChI is InChI=1S/C32H32F4N6O3S/c1-20(2)26-17-25(44-3)13-14-28(26)41-15-4-16-46-31(41)39-30(43)37-18-27(33)21-5-7-22(8-6-21)29-38-19-42(40-29)23-9-11-24(12-10-23)45-32(34,35)36/h5-14,17-20,30,37,43H,4,15-16H2,1-3H3/b27-18-,39-31?. The molecule has 0 bridgehead atoms. The Bertz CT molecular complexity index is 1690. The number of nitrogens with zero attached hydrogens (tertiary/aromatic N) is 5. The minimum atomic E-state index is -4.78. The summed E-state index contributed by atoms with van der Waals surface area (Å²) in [5, 5.41) is 18.2. The van der Waals surface area contributed by atoms with Crippen molar-refractivity contribution in [3.05, 3.63) is 90.4 Å². The van der Waals surface area contributed by atoms with Crippen LogP contribution in [-0.2, 0) is 0 Å². The van der Waals surface area contributed by atoms with Crippen LogP contribution in [0.25, 0.3) is 22.9 Å². The van der Waals surface area contributed by atoms with E-state index in [-0.39, 0.29) is 17.2 Å². The number of hydrogen-bond acceptors (Lipinski definition) is 8. The number of hydrogen-bond donors (Lipinski definition) is 2. The smallest absolute Gasteiger partial charge is 0.497 e. The van der Waals surface area contributed by atoms with Gasteiger partial charge in [0.25, 0.3) is 0 Å². The predicted molar refractivity (Wildman–Crippen MR) is 171 cm³/mol. The number of benzene rings is 3. The van der Waals surface area contributed by atoms with Gasteiger partial charge < -0.3 is 24.8 Å². The molecule has 1 aliphatic heterocycles. The summed E-state index contributed by atoms with van der Waals surface area (Å²) in [6.07, 6.45) is -2.73. The number of ether oxygens (including phenoxy) is 2. The van der Waals surface area contributed by atoms with Gasteiger partial charge in [-0.05, 0) is 60.4 Å². The SMILES string of the molecule is COc1ccc(N2CCCSC2=NC(O)N/C=C(\F)c2ccc(-c3ncn(-c4ccc(OC(F)(F)F)cc4)n3)cc2)c(C(C)C)c1. The highest BCUT2D eigenvalue weighted by Gasteiger charge is 2.31. The lowest BCUT2D eigenvalue weighted by Crippen LogP contribution is -2.37. The Balaban J connectivity index is 1.24. The summed E-state index contributed by atoms with van der Waals surface area (Å²) < 4.78 is 63.0. The number of amidine groups is 1. The average Bonchev–Trinajstić information content (AvgIpc) is 3.54. The fraction of sp³-hybridized carbons (Fsp3) is 0.281. The van der Waals surface area contributed by atoms with Crippen LogP contribution in [0.3, 0.4) is 0 Å². The maximum Gasteiger partial charge on any atom is 0.573 e. The molecule has 1 saturated heterocycles. The Labute approximate surface area is 267 Å². The summed E-state index contributed by atoms with van der Waals surface area (Å²) in [6, 6.07) is 17.5. The normalized spacial score (nSPS) is 15.7. The van der Waals surface area contributed by atoms with Gasteiger partial charge in [0.05, 0.1) is 12.8 Å². The molecular weight excluding hydrogens is 624 g/mol. The Hall–Kier alpha value is -4.56. The summed E-state index contributed by atoms with van der Waals surface area (Å²) in [7, 11) is 1.63. The lowest BCUT2D eigenvalue weighted by atomic mass is 10.00. The van der Waals surface area contributed by atoms with E-state index in [0.29, 0.717) is 22.2 Å². The number of methoxy groups -OCH3 is 1. The highest BCUT2D eigenvalue weighted by Crippen LogP contribution is 2.35. The van der Waals surface area contributed by atoms with Gasteiger partial charge in [0.15, 0.2) is 11.0 Å². The van der Waals surface area contributed by atoms with Crippen molar-refractivity contribution in [3.63, 3.8) is 0 Å². The largest absolute Gasteiger partial charge is 0.573 e. The van der Waals surface area contributed by atoms with Crippen LogP contribution in [0.4, 0.5) is 23.2 Å². The van der Waals surface area contributed by atoms with E-state index >= 15 is 4.39 Å². The van der Waals surface area contributed by atoms with Crippen molar-refractivity contribution in [2.75, 3.05) is 24.3 Å². The Morgan fingerprint density at radius 1 is 1.07 bits per heavy atom. The van der Waals surface area contributed by atoms with E-state index < -0.39 is 18.5 Å². The van der Waals surface area contributed by atoms with Crippen molar-refractivity contribution in [1.29, 1.82) is 0 Å². The summed E-state index contributed by atoms with van der Waals surface area (Å²) in [5.74, 6) is 1.23. The average molecular weight is 657 g/mol. The van der Waals surface area contributed by atoms with Gasteiger partial charge in [-0.2, -0.15) is 0 Å². The van der Waals surface area contributed by atoms with Crippen LogP contribution in [0.15, 0.2) is 84.2 Å². The van der Waals surface area contributed by atoms with Crippen molar-refractivity contribution < 1.29 is 32.1 Å². The lowest BCUT2D eigenvalue weighted by Gasteiger charge is -2.32. The first-order chi connectivity index (χ1) is 22.0. The minimum Gasteiger partial charge on any atom is -0.497 e. The van der Waals surface area contributed by atoms with Crippen LogP contribution in [0, 0.1) is 0 Å². The minimum absolute atomic E-state index is 0.235. The molecule has 4 aromatic rings. The van der Waals surface area contributed by atoms with Crippen molar-refractivity contribution in [2.45, 2.75) is 38.9 Å². The van der Waals surface area contributed by atoms with Crippen LogP contribution in [0.5, 0.6) is 11.5 Å². The molecule has 46 heavy (non-hydrogen) atoms. The van der Waals surface area contributed by atoms with Gasteiger partial charge in [-0.3, -0.25) is 0 Å². The summed E-state index contributed by atoms with van der Waals surface area (Å²) in [5.41, 5.74) is 3.42. The van der Waals surface area contributed by atoms with E-state index in [0.717, 1.165) is 41.9 Å². The fourth-order valence-corrected chi connectivity index (χ4v) is 5.71. The number of nitrogens with one attached hydrogen (secondary N) is 1. The van der Waals surface area contributed by atoms with Crippen LogP contribution in [-0.4, -0.2) is 57.2 Å². The van der Waals surface area contributed by atoms with E-state index in [1.807, 2.05) is 18.2 Å². The number of aliphatic hydroxyl groups excluding tert-OH is 1. The number of anilines is 1. The van der Waals surface area contributed by atoms with Gasteiger partial charge in [-0.25, -0.2) is 19.0 Å². The zero-order valence-corrected chi connectivity index (χ0v) is 26.0. The van der Waals surface area contributed by atoms with E-state index in [9.17, 15) is 18.3 Å². The van der Waals surface area contributed by atoms with Crippen LogP contribution < -0.4 is 19.7 Å². The van der Waals surface area contributed by atoms with Crippen LogP contribution in [0.1, 0.15) is 37.3 Å². The van der Waals surface area contributed by atoms with Crippen molar-refractivity contribution in [1.82, 2.24) is 20.1 Å². The van der Waals surface area contributed by atoms with Gasteiger partial charge >= 0.3 is 6.36 Å². The molecule has 14 heteroatoms. The molecule has 0 radical (unpaired) electrons. The number of alkyl halides is 3. The number of aliphatic hydroxyl groups is 1. The molecule has 1 aromatic heterocycles. The second-order valence-electron chi connectivity index (χ2n) is 10.5. The third-order valence-electron chi connectivity index (χ3n) is 6.97. The first-order valence-electron chi connectivity index (χ1n) is 14.4. The highest BCUT2D eigenvalue weighted by molar-refractivity contribution is 8.14. The van der Waals surface area contributed by atoms with Gasteiger partial charge in [0.1, 0.15) is 23.7 Å². The molecule has 3 aromatic carbocycles. The van der Waals surface area contributed by atoms with Crippen LogP contribution >= 0.6 is 11.8 Å². The number of thioether (sulfide) groups is 1. The third-order valence-corrected chi connectivity index (χ3v) is 8.05. The third kappa shape index (κ3) is 8.17. The fourth-order valence-electron chi connectivity index (χ4n) is 4.73. The van der Waals surface area contributed by atoms with Gasteiger partial charge in [-0.1, -0.05) is 49.9 Å². The molecule has 9 nitrogen and oxygen atoms in total. The molecule has 1 aliphatic rings. The zero-order valence-electron chi connectivity index (χ0n) is 25.2. The topological polar surface area (TPSA) is 97.0 Å². The second-order valence-corrected chi connectivity index (χ2v) is 11.6. The van der Waals surface area contributed by atoms with Gasteiger partial charge in [-0.15, -0.1) is 18.3 Å². The molecule has 2 heterocycles. The predicted octanol–water partition coefficient (Wildman–Crippen LogP) is 7.10. The molecule has 0 spiro atoms. The number of aromatic nitrogens is 3. The number of halogens is 4. The molecule has 1 atom stereocenters. The zero-order chi connectivity index (χ0) is 32.8. The van der Waals surface area contributed by atoms with Crippen molar-refractivity contribution in [2.24, 2.45) is 4.99 Å². The van der Waals surface area contributed by atoms with Gasteiger partial charge in [0.2, 0.25) is 6.35 Å². The first kappa shape index (κ1) is 32.8. The molecular formula is C32H32F4N6O3S. The maximum atomic E-state index is 15.0. The van der Waals surface area contributed by atoms with Gasteiger partial charge in [0, 0.05) is 35.3 Å². The molecule has 2 N–H and O–H groups in total. The first-order valence-corrected chi connectivity index (χ1v) is 15.3. The molecule has 0 aliphatic carbocycles. The molecule has 0 saturated carbocycles. The maximum absolute atomic E-state index is 15.0. The van der Waals surface area contributed by atoms with Crippen molar-refractivity contribution in [3.8, 4) is 28.6 Å². The monoisotopic (exact) mass is 656 g/mol. The second kappa shape index (κ2) is 14.3. The summed E-state index contributed by atoms with van der Waals surface area (Å²) in [4.78, 5) is 10.7. The van der Waals surface area contributed by atoms with E-state index in [1.165, 1.54) is 47.0 Å². The highest BCUT2D eigenvalue weighted by atomic mass is 32.2. The Morgan fingerprint density at radius 2 is 1.78 bits per heavy atom. The lowest BCUT2D eigenvalue weighted by molar-refractivity contribution is -0.274. The van der Waals surface area contributed by atoms with E-state index in [4.69, 9.17) is 4.74 Å². The number of aliphatic imine (C=N–C) groups is 1. The van der Waals surface area contributed by atoms with E-state index in [1.54, 1.807) is 31.4 Å². The molecule has 242 valence electrons. The molecule has 1 fully saturated rings. The number of rotatable bonds is 10. The Morgan fingerprint density at radius 3 is 2.46 bits per heavy atom. The molecule has 1 unspecified atom stereocenters. The van der Waals surface area contributed by atoms with E-state index in [2.05, 4.69) is 43.9 Å².